The maximum atomic E-state index is 14.0. The molecule has 3 aromatic rings. The van der Waals surface area contributed by atoms with Gasteiger partial charge in [0.05, 0.1) is 30.1 Å². The van der Waals surface area contributed by atoms with Crippen LogP contribution in [-0.2, 0) is 17.1 Å². The van der Waals surface area contributed by atoms with E-state index in [0.717, 1.165) is 25.6 Å². The lowest BCUT2D eigenvalue weighted by Gasteiger charge is -2.25. The van der Waals surface area contributed by atoms with E-state index in [4.69, 9.17) is 4.74 Å². The fraction of sp³-hybridized carbons (Fsp3) is 0.174. The second-order valence-corrected chi connectivity index (χ2v) is 7.44. The van der Waals surface area contributed by atoms with Crippen molar-refractivity contribution in [3.8, 4) is 16.9 Å². The van der Waals surface area contributed by atoms with Crippen LogP contribution >= 0.6 is 0 Å². The second-order valence-electron chi connectivity index (χ2n) is 7.44. The Balaban J connectivity index is 2.26. The molecule has 1 aromatic heterocycles. The molecule has 2 aromatic carbocycles. The van der Waals surface area contributed by atoms with E-state index < -0.39 is 64.8 Å². The van der Waals surface area contributed by atoms with E-state index in [9.17, 15) is 49.8 Å². The molecule has 0 saturated carbocycles. The van der Waals surface area contributed by atoms with E-state index in [1.54, 1.807) is 0 Å². The number of ether oxygens (including phenoxy) is 1. The number of hydrogen-bond donors (Lipinski definition) is 1. The van der Waals surface area contributed by atoms with Crippen molar-refractivity contribution in [2.75, 3.05) is 18.6 Å². The van der Waals surface area contributed by atoms with Crippen LogP contribution in [0.4, 0.5) is 40.8 Å². The van der Waals surface area contributed by atoms with Gasteiger partial charge in [0, 0.05) is 29.0 Å². The van der Waals surface area contributed by atoms with E-state index in [1.807, 2.05) is 0 Å². The molecule has 0 fully saturated rings. The number of halogens is 8. The summed E-state index contributed by atoms with van der Waals surface area (Å²) in [5, 5.41) is 9.34. The normalized spacial score (nSPS) is 11.8. The minimum Gasteiger partial charge on any atom is -0.496 e. The van der Waals surface area contributed by atoms with Crippen molar-refractivity contribution in [1.29, 1.82) is 0 Å². The van der Waals surface area contributed by atoms with Crippen LogP contribution in [0, 0.1) is 11.6 Å². The van der Waals surface area contributed by atoms with Crippen LogP contribution in [0.25, 0.3) is 11.1 Å². The average molecular weight is 534 g/mol. The van der Waals surface area contributed by atoms with Gasteiger partial charge in [-0.15, -0.1) is 0 Å². The van der Waals surface area contributed by atoms with Gasteiger partial charge in [-0.25, -0.2) is 8.78 Å². The number of amides is 1. The molecule has 14 heteroatoms. The highest BCUT2D eigenvalue weighted by Crippen LogP contribution is 2.40. The maximum Gasteiger partial charge on any atom is 0.416 e. The zero-order chi connectivity index (χ0) is 27.7. The predicted molar refractivity (Wildman–Crippen MR) is 112 cm³/mol. The number of carboxylic acids is 1. The van der Waals surface area contributed by atoms with Crippen molar-refractivity contribution in [2.24, 2.45) is 0 Å². The number of pyridine rings is 1. The number of nitrogens with zero attached hydrogens (tertiary/aromatic N) is 2. The van der Waals surface area contributed by atoms with Crippen LogP contribution in [0.2, 0.25) is 0 Å². The van der Waals surface area contributed by atoms with Gasteiger partial charge in [0.2, 0.25) is 0 Å². The Morgan fingerprint density at radius 3 is 2.00 bits per heavy atom. The lowest BCUT2D eigenvalue weighted by atomic mass is 10.0. The molecule has 0 aliphatic heterocycles. The molecular weight excluding hydrogens is 520 g/mol. The molecule has 6 nitrogen and oxygen atoms in total. The first kappa shape index (κ1) is 27.4. The Morgan fingerprint density at radius 1 is 0.919 bits per heavy atom. The van der Waals surface area contributed by atoms with E-state index in [-0.39, 0.29) is 35.1 Å². The number of anilines is 1. The molecule has 0 radical (unpaired) electrons. The largest absolute Gasteiger partial charge is 0.496 e. The molecule has 196 valence electrons. The van der Waals surface area contributed by atoms with Crippen LogP contribution in [0.1, 0.15) is 21.5 Å². The smallest absolute Gasteiger partial charge is 0.416 e. The predicted octanol–water partition coefficient (Wildman–Crippen LogP) is 5.80. The fourth-order valence-corrected chi connectivity index (χ4v) is 3.37. The Labute approximate surface area is 202 Å². The van der Waals surface area contributed by atoms with Gasteiger partial charge in [0.25, 0.3) is 5.91 Å². The maximum absolute atomic E-state index is 14.0. The van der Waals surface area contributed by atoms with Crippen LogP contribution in [-0.4, -0.2) is 35.6 Å². The average Bonchev–Trinajstić information content (AvgIpc) is 2.82. The minimum absolute atomic E-state index is 0.139. The Bertz CT molecular complexity index is 1320. The lowest BCUT2D eigenvalue weighted by Crippen LogP contribution is -2.36. The molecule has 0 spiro atoms. The molecule has 1 heterocycles. The summed E-state index contributed by atoms with van der Waals surface area (Å²) in [6.07, 6.45) is -8.54. The number of rotatable bonds is 6. The number of benzene rings is 2. The molecule has 0 aliphatic rings. The van der Waals surface area contributed by atoms with E-state index in [1.165, 1.54) is 0 Å². The number of aliphatic carboxylic acids is 1. The van der Waals surface area contributed by atoms with Crippen molar-refractivity contribution in [1.82, 2.24) is 4.98 Å². The summed E-state index contributed by atoms with van der Waals surface area (Å²) in [5.41, 5.74) is -5.55. The third kappa shape index (κ3) is 5.95. The molecule has 37 heavy (non-hydrogen) atoms. The van der Waals surface area contributed by atoms with Crippen molar-refractivity contribution < 1.29 is 54.6 Å². The van der Waals surface area contributed by atoms with Crippen molar-refractivity contribution in [3.63, 3.8) is 0 Å². The van der Waals surface area contributed by atoms with Gasteiger partial charge < -0.3 is 9.84 Å². The molecule has 3 rings (SSSR count). The molecule has 0 unspecified atom stereocenters. The van der Waals surface area contributed by atoms with E-state index >= 15 is 0 Å². The summed E-state index contributed by atoms with van der Waals surface area (Å²) in [6, 6.07) is 2.53. The Kier molecular flexibility index (Phi) is 7.41. The first-order chi connectivity index (χ1) is 17.1. The first-order valence-electron chi connectivity index (χ1n) is 9.94. The quantitative estimate of drug-likeness (QED) is 0.405. The number of carboxylic acid groups (broad SMARTS) is 1. The summed E-state index contributed by atoms with van der Waals surface area (Å²) in [6.45, 7) is -1.24. The summed E-state index contributed by atoms with van der Waals surface area (Å²) < 4.78 is 113. The lowest BCUT2D eigenvalue weighted by molar-refractivity contribution is -0.143. The van der Waals surface area contributed by atoms with Gasteiger partial charge in [-0.05, 0) is 30.3 Å². The molecular formula is C23H14F8N2O4. The summed E-state index contributed by atoms with van der Waals surface area (Å²) in [7, 11) is 1.10. The Morgan fingerprint density at radius 2 is 1.49 bits per heavy atom. The SMILES string of the molecule is COc1cc(F)c(F)cc1-c1ccncc1N(CC(=O)O)C(=O)c1cc(C(F)(F)F)cc(C(F)(F)F)c1. The fourth-order valence-electron chi connectivity index (χ4n) is 3.37. The van der Waals surface area contributed by atoms with Crippen molar-refractivity contribution in [3.05, 3.63) is 77.1 Å². The number of carbonyl (C=O) groups excluding carboxylic acids is 1. The van der Waals surface area contributed by atoms with Crippen LogP contribution < -0.4 is 9.64 Å². The number of methoxy groups -OCH3 is 1. The number of hydrogen-bond acceptors (Lipinski definition) is 4. The molecule has 1 amide bonds. The number of aromatic nitrogens is 1. The molecule has 0 aliphatic carbocycles. The van der Waals surface area contributed by atoms with Crippen molar-refractivity contribution in [2.45, 2.75) is 12.4 Å². The molecule has 0 bridgehead atoms. The topological polar surface area (TPSA) is 79.7 Å². The third-order valence-electron chi connectivity index (χ3n) is 5.00. The van der Waals surface area contributed by atoms with Gasteiger partial charge in [0.1, 0.15) is 12.3 Å². The third-order valence-corrected chi connectivity index (χ3v) is 5.00. The minimum atomic E-state index is -5.27. The van der Waals surface area contributed by atoms with Gasteiger partial charge in [-0.1, -0.05) is 0 Å². The Hall–Kier alpha value is -4.23. The number of carbonyl (C=O) groups is 2. The first-order valence-corrected chi connectivity index (χ1v) is 9.94. The molecule has 1 N–H and O–H groups in total. The highest BCUT2D eigenvalue weighted by Gasteiger charge is 2.38. The van der Waals surface area contributed by atoms with Crippen LogP contribution in [0.5, 0.6) is 5.75 Å². The highest BCUT2D eigenvalue weighted by molar-refractivity contribution is 6.10. The van der Waals surface area contributed by atoms with Crippen molar-refractivity contribution >= 4 is 17.6 Å². The van der Waals surface area contributed by atoms with Crippen LogP contribution in [0.15, 0.2) is 48.8 Å². The second kappa shape index (κ2) is 10.0. The van der Waals surface area contributed by atoms with E-state index in [2.05, 4.69) is 4.98 Å². The monoisotopic (exact) mass is 534 g/mol. The highest BCUT2D eigenvalue weighted by atomic mass is 19.4. The summed E-state index contributed by atoms with van der Waals surface area (Å²) >= 11 is 0. The van der Waals surface area contributed by atoms with Crippen LogP contribution in [0.3, 0.4) is 0 Å². The number of alkyl halides is 6. The van der Waals surface area contributed by atoms with E-state index in [0.29, 0.717) is 17.0 Å². The van der Waals surface area contributed by atoms with Gasteiger partial charge in [0.15, 0.2) is 11.6 Å². The molecule has 0 atom stereocenters. The summed E-state index contributed by atoms with van der Waals surface area (Å²) in [5.74, 6) is -6.19. The van der Waals surface area contributed by atoms with Gasteiger partial charge >= 0.3 is 18.3 Å². The molecule has 0 saturated heterocycles. The van der Waals surface area contributed by atoms with Gasteiger partial charge in [-0.3, -0.25) is 19.5 Å². The zero-order valence-electron chi connectivity index (χ0n) is 18.4. The van der Waals surface area contributed by atoms with Gasteiger partial charge in [-0.2, -0.15) is 26.3 Å². The standard InChI is InChI=1S/C23H14F8N2O4/c1-37-19-8-17(25)16(24)7-15(19)14-2-3-32-9-18(14)33(10-20(34)35)21(36)11-4-12(22(26,27)28)6-13(5-11)23(29,30)31/h2-9H,10H2,1H3,(H,34,35). The summed E-state index contributed by atoms with van der Waals surface area (Å²) in [4.78, 5) is 28.8. The zero-order valence-corrected chi connectivity index (χ0v) is 18.4.